The summed E-state index contributed by atoms with van der Waals surface area (Å²) in [4.78, 5) is 13.7. The van der Waals surface area contributed by atoms with Crippen molar-refractivity contribution in [1.82, 2.24) is 15.5 Å². The Morgan fingerprint density at radius 3 is 2.92 bits per heavy atom. The molecule has 2 heterocycles. The highest BCUT2D eigenvalue weighted by atomic mass is 16.2. The van der Waals surface area contributed by atoms with Crippen LogP contribution in [0.2, 0.25) is 0 Å². The molecule has 1 aliphatic heterocycles. The first-order chi connectivity index (χ1) is 11.6. The van der Waals surface area contributed by atoms with Gasteiger partial charge in [0.1, 0.15) is 11.6 Å². The van der Waals surface area contributed by atoms with Gasteiger partial charge in [-0.05, 0) is 44.0 Å². The van der Waals surface area contributed by atoms with Gasteiger partial charge < -0.3 is 10.6 Å². The first-order valence-corrected chi connectivity index (χ1v) is 7.76. The minimum atomic E-state index is -0.0953. The number of rotatable bonds is 3. The number of carbonyl (C=O) groups excluding carboxylic acids is 1. The lowest BCUT2D eigenvalue weighted by atomic mass is 10.1. The van der Waals surface area contributed by atoms with E-state index in [2.05, 4.69) is 26.9 Å². The Morgan fingerprint density at radius 1 is 1.33 bits per heavy atom. The smallest absolute Gasteiger partial charge is 0.321 e. The molecule has 24 heavy (non-hydrogen) atoms. The van der Waals surface area contributed by atoms with E-state index >= 15 is 0 Å². The Balaban J connectivity index is 1.90. The summed E-state index contributed by atoms with van der Waals surface area (Å²) in [5.74, 6) is 0.417. The van der Waals surface area contributed by atoms with Gasteiger partial charge in [0.05, 0.1) is 5.69 Å². The standard InChI is InChI=1S/C17H18N6O/c1-11-12(2)21-22-16(15(11)10-18)20-13-5-3-6-14(9-13)23-8-4-7-19-17(23)24/h3,5-6,9H,4,7-8H2,1-2H3,(H,19,24)(H,20,22). The number of nitrogens with one attached hydrogen (secondary N) is 2. The lowest BCUT2D eigenvalue weighted by Crippen LogP contribution is -2.46. The normalized spacial score (nSPS) is 14.0. The molecule has 122 valence electrons. The van der Waals surface area contributed by atoms with E-state index in [-0.39, 0.29) is 6.03 Å². The summed E-state index contributed by atoms with van der Waals surface area (Å²) >= 11 is 0. The minimum absolute atomic E-state index is 0.0953. The van der Waals surface area contributed by atoms with Crippen molar-refractivity contribution in [3.05, 3.63) is 41.1 Å². The number of anilines is 3. The summed E-state index contributed by atoms with van der Waals surface area (Å²) in [5, 5.41) is 23.5. The van der Waals surface area contributed by atoms with E-state index in [1.165, 1.54) is 0 Å². The molecular formula is C17H18N6O. The topological polar surface area (TPSA) is 93.9 Å². The van der Waals surface area contributed by atoms with E-state index < -0.39 is 0 Å². The zero-order chi connectivity index (χ0) is 17.1. The van der Waals surface area contributed by atoms with Crippen LogP contribution in [0.1, 0.15) is 23.2 Å². The van der Waals surface area contributed by atoms with Crippen LogP contribution in [0.3, 0.4) is 0 Å². The van der Waals surface area contributed by atoms with Crippen LogP contribution in [0.25, 0.3) is 0 Å². The second-order valence-electron chi connectivity index (χ2n) is 5.66. The van der Waals surface area contributed by atoms with E-state index in [9.17, 15) is 10.1 Å². The number of nitrogens with zero attached hydrogens (tertiary/aromatic N) is 4. The molecule has 2 amide bonds. The molecule has 0 bridgehead atoms. The molecule has 2 N–H and O–H groups in total. The molecule has 0 saturated carbocycles. The van der Waals surface area contributed by atoms with Crippen molar-refractivity contribution in [2.75, 3.05) is 23.3 Å². The van der Waals surface area contributed by atoms with Gasteiger partial charge in [0.25, 0.3) is 0 Å². The SMILES string of the molecule is Cc1nnc(Nc2cccc(N3CCCNC3=O)c2)c(C#N)c1C. The number of aryl methyl sites for hydroxylation is 1. The fourth-order valence-electron chi connectivity index (χ4n) is 2.60. The summed E-state index contributed by atoms with van der Waals surface area (Å²) in [7, 11) is 0. The van der Waals surface area contributed by atoms with Gasteiger partial charge in [-0.25, -0.2) is 4.79 Å². The van der Waals surface area contributed by atoms with Crippen molar-refractivity contribution in [3.63, 3.8) is 0 Å². The van der Waals surface area contributed by atoms with Crippen molar-refractivity contribution >= 4 is 23.2 Å². The third kappa shape index (κ3) is 2.99. The molecule has 0 radical (unpaired) electrons. The highest BCUT2D eigenvalue weighted by Crippen LogP contribution is 2.25. The monoisotopic (exact) mass is 322 g/mol. The average molecular weight is 322 g/mol. The van der Waals surface area contributed by atoms with Gasteiger partial charge in [-0.3, -0.25) is 4.90 Å². The lowest BCUT2D eigenvalue weighted by molar-refractivity contribution is 0.243. The van der Waals surface area contributed by atoms with Crippen molar-refractivity contribution < 1.29 is 4.79 Å². The molecule has 0 unspecified atom stereocenters. The molecular weight excluding hydrogens is 304 g/mol. The molecule has 1 aromatic heterocycles. The van der Waals surface area contributed by atoms with Crippen LogP contribution >= 0.6 is 0 Å². The summed E-state index contributed by atoms with van der Waals surface area (Å²) in [6.07, 6.45) is 0.907. The van der Waals surface area contributed by atoms with Crippen LogP contribution < -0.4 is 15.5 Å². The zero-order valence-electron chi connectivity index (χ0n) is 13.6. The highest BCUT2D eigenvalue weighted by Gasteiger charge is 2.19. The predicted molar refractivity (Wildman–Crippen MR) is 91.3 cm³/mol. The second-order valence-corrected chi connectivity index (χ2v) is 5.66. The fourth-order valence-corrected chi connectivity index (χ4v) is 2.60. The van der Waals surface area contributed by atoms with Gasteiger partial charge in [0.2, 0.25) is 0 Å². The molecule has 1 aliphatic rings. The summed E-state index contributed by atoms with van der Waals surface area (Å²) < 4.78 is 0. The molecule has 0 atom stereocenters. The maximum Gasteiger partial charge on any atom is 0.321 e. The molecule has 3 rings (SSSR count). The summed E-state index contributed by atoms with van der Waals surface area (Å²) in [6, 6.07) is 9.55. The lowest BCUT2D eigenvalue weighted by Gasteiger charge is -2.27. The summed E-state index contributed by atoms with van der Waals surface area (Å²) in [6.45, 7) is 5.06. The van der Waals surface area contributed by atoms with E-state index in [4.69, 9.17) is 0 Å². The zero-order valence-corrected chi connectivity index (χ0v) is 13.6. The molecule has 1 fully saturated rings. The average Bonchev–Trinajstić information content (AvgIpc) is 2.59. The van der Waals surface area contributed by atoms with E-state index in [1.54, 1.807) is 4.90 Å². The Bertz CT molecular complexity index is 826. The molecule has 2 aromatic rings. The molecule has 1 saturated heterocycles. The molecule has 1 aromatic carbocycles. The van der Waals surface area contributed by atoms with Gasteiger partial charge >= 0.3 is 6.03 Å². The maximum atomic E-state index is 12.0. The van der Waals surface area contributed by atoms with Gasteiger partial charge in [-0.2, -0.15) is 10.4 Å². The van der Waals surface area contributed by atoms with E-state index in [1.807, 2.05) is 38.1 Å². The maximum absolute atomic E-state index is 12.0. The van der Waals surface area contributed by atoms with Crippen LogP contribution in [-0.4, -0.2) is 29.3 Å². The number of benzene rings is 1. The number of nitriles is 1. The van der Waals surface area contributed by atoms with Crippen molar-refractivity contribution in [2.45, 2.75) is 20.3 Å². The van der Waals surface area contributed by atoms with Gasteiger partial charge in [-0.15, -0.1) is 5.10 Å². The minimum Gasteiger partial charge on any atom is -0.338 e. The Labute approximate surface area is 140 Å². The largest absolute Gasteiger partial charge is 0.338 e. The predicted octanol–water partition coefficient (Wildman–Crippen LogP) is 2.63. The van der Waals surface area contributed by atoms with Crippen molar-refractivity contribution in [2.24, 2.45) is 0 Å². The molecule has 7 nitrogen and oxygen atoms in total. The van der Waals surface area contributed by atoms with Gasteiger partial charge in [0.15, 0.2) is 5.82 Å². The van der Waals surface area contributed by atoms with Crippen LogP contribution in [-0.2, 0) is 0 Å². The van der Waals surface area contributed by atoms with Crippen LogP contribution in [0.5, 0.6) is 0 Å². The fraction of sp³-hybridized carbons (Fsp3) is 0.294. The Morgan fingerprint density at radius 2 is 2.17 bits per heavy atom. The van der Waals surface area contributed by atoms with Crippen LogP contribution in [0.15, 0.2) is 24.3 Å². The Kier molecular flexibility index (Phi) is 4.29. The number of amides is 2. The van der Waals surface area contributed by atoms with Gasteiger partial charge in [-0.1, -0.05) is 6.07 Å². The number of carbonyl (C=O) groups is 1. The molecule has 7 heteroatoms. The highest BCUT2D eigenvalue weighted by molar-refractivity contribution is 5.93. The third-order valence-electron chi connectivity index (χ3n) is 4.07. The van der Waals surface area contributed by atoms with E-state index in [0.29, 0.717) is 24.5 Å². The van der Waals surface area contributed by atoms with Crippen LogP contribution in [0.4, 0.5) is 22.0 Å². The van der Waals surface area contributed by atoms with Crippen molar-refractivity contribution in [3.8, 4) is 6.07 Å². The molecule has 0 spiro atoms. The number of aromatic nitrogens is 2. The number of urea groups is 1. The number of hydrogen-bond acceptors (Lipinski definition) is 5. The van der Waals surface area contributed by atoms with E-state index in [0.717, 1.165) is 29.1 Å². The first kappa shape index (κ1) is 15.7. The first-order valence-electron chi connectivity index (χ1n) is 7.76. The third-order valence-corrected chi connectivity index (χ3v) is 4.07. The quantitative estimate of drug-likeness (QED) is 0.906. The number of hydrogen-bond donors (Lipinski definition) is 2. The second kappa shape index (κ2) is 6.54. The van der Waals surface area contributed by atoms with Crippen LogP contribution in [0, 0.1) is 25.2 Å². The molecule has 0 aliphatic carbocycles. The summed E-state index contributed by atoms with van der Waals surface area (Å²) in [5.41, 5.74) is 3.56. The van der Waals surface area contributed by atoms with Gasteiger partial charge in [0, 0.05) is 24.5 Å². The van der Waals surface area contributed by atoms with Crippen molar-refractivity contribution in [1.29, 1.82) is 5.26 Å². The Hall–Kier alpha value is -3.14.